The van der Waals surface area contributed by atoms with Crippen LogP contribution >= 0.6 is 0 Å². The average Bonchev–Trinajstić information content (AvgIpc) is 2.81. The summed E-state index contributed by atoms with van der Waals surface area (Å²) >= 11 is 0. The van der Waals surface area contributed by atoms with Crippen LogP contribution in [0.25, 0.3) is 0 Å². The second-order valence-corrected chi connectivity index (χ2v) is 5.91. The van der Waals surface area contributed by atoms with Gasteiger partial charge >= 0.3 is 0 Å². The fourth-order valence-corrected chi connectivity index (χ4v) is 3.99. The van der Waals surface area contributed by atoms with E-state index >= 15 is 0 Å². The third-order valence-corrected chi connectivity index (χ3v) is 5.55. The molecule has 0 aromatic heterocycles. The highest BCUT2D eigenvalue weighted by molar-refractivity contribution is 5.08. The van der Waals surface area contributed by atoms with Gasteiger partial charge in [0.2, 0.25) is 0 Å². The lowest BCUT2D eigenvalue weighted by molar-refractivity contribution is -0.109. The molecule has 76 valence electrons. The van der Waals surface area contributed by atoms with Gasteiger partial charge in [0.25, 0.3) is 0 Å². The van der Waals surface area contributed by atoms with Gasteiger partial charge in [-0.3, -0.25) is 0 Å². The minimum Gasteiger partial charge on any atom is -0.0648 e. The van der Waals surface area contributed by atoms with Gasteiger partial charge in [-0.25, -0.2) is 0 Å². The summed E-state index contributed by atoms with van der Waals surface area (Å²) in [7, 11) is 0. The van der Waals surface area contributed by atoms with Gasteiger partial charge < -0.3 is 0 Å². The highest BCUT2D eigenvalue weighted by Crippen LogP contribution is 2.66. The Kier molecular flexibility index (Phi) is 2.02. The van der Waals surface area contributed by atoms with Crippen LogP contribution in [-0.4, -0.2) is 0 Å². The molecule has 0 aromatic carbocycles. The van der Waals surface area contributed by atoms with Crippen LogP contribution in [0.4, 0.5) is 0 Å². The van der Waals surface area contributed by atoms with Gasteiger partial charge in [-0.1, -0.05) is 41.0 Å². The maximum atomic E-state index is 2.52. The van der Waals surface area contributed by atoms with Crippen LogP contribution in [-0.2, 0) is 0 Å². The molecule has 0 spiro atoms. The first-order valence-electron chi connectivity index (χ1n) is 6.02. The van der Waals surface area contributed by atoms with Crippen LogP contribution in [0.15, 0.2) is 0 Å². The topological polar surface area (TPSA) is 0 Å². The number of rotatable bonds is 2. The Bertz CT molecular complexity index is 206. The first-order chi connectivity index (χ1) is 6.02. The van der Waals surface area contributed by atoms with Crippen molar-refractivity contribution in [2.45, 2.75) is 47.5 Å². The highest BCUT2D eigenvalue weighted by Gasteiger charge is 2.60. The fourth-order valence-electron chi connectivity index (χ4n) is 3.99. The predicted octanol–water partition coefficient (Wildman–Crippen LogP) is 3.96. The average molecular weight is 180 g/mol. The first kappa shape index (κ1) is 9.55. The zero-order valence-electron chi connectivity index (χ0n) is 9.80. The molecule has 0 radical (unpaired) electrons. The van der Waals surface area contributed by atoms with Crippen molar-refractivity contribution in [2.75, 3.05) is 0 Å². The Morgan fingerprint density at radius 3 is 2.15 bits per heavy atom. The Labute approximate surface area is 83.1 Å². The first-order valence-corrected chi connectivity index (χ1v) is 6.02. The van der Waals surface area contributed by atoms with E-state index in [2.05, 4.69) is 34.6 Å². The molecule has 2 aliphatic carbocycles. The second kappa shape index (κ2) is 2.74. The van der Waals surface area contributed by atoms with Crippen molar-refractivity contribution in [2.24, 2.45) is 35.0 Å². The Hall–Kier alpha value is 0. The Morgan fingerprint density at radius 1 is 1.23 bits per heavy atom. The summed E-state index contributed by atoms with van der Waals surface area (Å²) < 4.78 is 0. The summed E-state index contributed by atoms with van der Waals surface area (Å²) in [6, 6.07) is 0. The van der Waals surface area contributed by atoms with E-state index in [0.717, 1.165) is 29.6 Å². The predicted molar refractivity (Wildman–Crippen MR) is 57.5 cm³/mol. The smallest absolute Gasteiger partial charge is 0.0266 e. The molecule has 0 N–H and O–H groups in total. The maximum Gasteiger partial charge on any atom is -0.0266 e. The van der Waals surface area contributed by atoms with E-state index in [1.807, 2.05) is 0 Å². The van der Waals surface area contributed by atoms with Crippen LogP contribution in [0.2, 0.25) is 0 Å². The largest absolute Gasteiger partial charge is 0.0648 e. The molecule has 0 aromatic rings. The van der Waals surface area contributed by atoms with Crippen LogP contribution in [0.3, 0.4) is 0 Å². The third-order valence-electron chi connectivity index (χ3n) is 5.55. The summed E-state index contributed by atoms with van der Waals surface area (Å²) in [4.78, 5) is 0. The van der Waals surface area contributed by atoms with E-state index in [-0.39, 0.29) is 0 Å². The fraction of sp³-hybridized carbons (Fsp3) is 1.00. The Balaban J connectivity index is 2.10. The molecular formula is C13H24. The van der Waals surface area contributed by atoms with Gasteiger partial charge in [0.1, 0.15) is 0 Å². The standard InChI is InChI=1S/C13H24/c1-6-13(5)10(4)9(3)12(13)11-7-8(11)2/h8-12H,6-7H2,1-5H3. The molecule has 13 heavy (non-hydrogen) atoms. The van der Waals surface area contributed by atoms with Crippen molar-refractivity contribution in [3.63, 3.8) is 0 Å². The molecule has 0 nitrogen and oxygen atoms in total. The minimum absolute atomic E-state index is 0.675. The van der Waals surface area contributed by atoms with Gasteiger partial charge in [-0.15, -0.1) is 0 Å². The summed E-state index contributed by atoms with van der Waals surface area (Å²) in [6.07, 6.45) is 2.89. The molecule has 6 atom stereocenters. The van der Waals surface area contributed by atoms with Crippen molar-refractivity contribution in [3.05, 3.63) is 0 Å². The monoisotopic (exact) mass is 180 g/mol. The summed E-state index contributed by atoms with van der Waals surface area (Å²) in [5, 5.41) is 0. The number of hydrogen-bond donors (Lipinski definition) is 0. The van der Waals surface area contributed by atoms with E-state index in [4.69, 9.17) is 0 Å². The van der Waals surface area contributed by atoms with E-state index in [9.17, 15) is 0 Å². The van der Waals surface area contributed by atoms with E-state index in [1.165, 1.54) is 12.8 Å². The van der Waals surface area contributed by atoms with E-state index < -0.39 is 0 Å². The zero-order valence-corrected chi connectivity index (χ0v) is 9.80. The normalized spacial score (nSPS) is 60.2. The zero-order chi connectivity index (χ0) is 9.80. The van der Waals surface area contributed by atoms with Gasteiger partial charge in [0.15, 0.2) is 0 Å². The van der Waals surface area contributed by atoms with Gasteiger partial charge in [-0.2, -0.15) is 0 Å². The maximum absolute atomic E-state index is 2.52. The lowest BCUT2D eigenvalue weighted by atomic mass is 9.46. The van der Waals surface area contributed by atoms with Crippen molar-refractivity contribution in [1.29, 1.82) is 0 Å². The third kappa shape index (κ3) is 1.10. The summed E-state index contributed by atoms with van der Waals surface area (Å²) in [6.45, 7) is 12.3. The lowest BCUT2D eigenvalue weighted by Gasteiger charge is -2.59. The van der Waals surface area contributed by atoms with Crippen LogP contribution in [0.5, 0.6) is 0 Å². The van der Waals surface area contributed by atoms with Gasteiger partial charge in [-0.05, 0) is 41.4 Å². The van der Waals surface area contributed by atoms with E-state index in [1.54, 1.807) is 0 Å². The molecule has 0 saturated heterocycles. The molecule has 0 amide bonds. The van der Waals surface area contributed by atoms with Crippen molar-refractivity contribution in [1.82, 2.24) is 0 Å². The molecule has 0 aliphatic heterocycles. The second-order valence-electron chi connectivity index (χ2n) is 5.91. The number of hydrogen-bond acceptors (Lipinski definition) is 0. The van der Waals surface area contributed by atoms with Crippen molar-refractivity contribution < 1.29 is 0 Å². The molecule has 0 heterocycles. The molecular weight excluding hydrogens is 156 g/mol. The SMILES string of the molecule is CCC1(C)C(C)C(C)C1C1CC1C. The van der Waals surface area contributed by atoms with Gasteiger partial charge in [0.05, 0.1) is 0 Å². The van der Waals surface area contributed by atoms with E-state index in [0.29, 0.717) is 5.41 Å². The summed E-state index contributed by atoms with van der Waals surface area (Å²) in [5.41, 5.74) is 0.675. The van der Waals surface area contributed by atoms with Crippen LogP contribution in [0, 0.1) is 35.0 Å². The molecule has 2 fully saturated rings. The molecule has 2 rings (SSSR count). The molecule has 0 heteroatoms. The van der Waals surface area contributed by atoms with Crippen LogP contribution < -0.4 is 0 Å². The molecule has 2 saturated carbocycles. The summed E-state index contributed by atoms with van der Waals surface area (Å²) in [5.74, 6) is 5.10. The van der Waals surface area contributed by atoms with Crippen molar-refractivity contribution >= 4 is 0 Å². The van der Waals surface area contributed by atoms with Crippen molar-refractivity contribution in [3.8, 4) is 0 Å². The Morgan fingerprint density at radius 2 is 1.77 bits per heavy atom. The molecule has 0 bridgehead atoms. The molecule has 2 aliphatic rings. The lowest BCUT2D eigenvalue weighted by Crippen LogP contribution is -2.53. The minimum atomic E-state index is 0.675. The molecule has 6 unspecified atom stereocenters. The van der Waals surface area contributed by atoms with Crippen LogP contribution in [0.1, 0.15) is 47.5 Å². The van der Waals surface area contributed by atoms with Gasteiger partial charge in [0, 0.05) is 0 Å². The quantitative estimate of drug-likeness (QED) is 0.603. The highest BCUT2D eigenvalue weighted by atomic mass is 14.6.